The molecule has 340 valence electrons. The molecule has 0 radical (unpaired) electrons. The third-order valence-electron chi connectivity index (χ3n) is 15.5. The largest absolute Gasteiger partial charge is 0.496 e. The Labute approximate surface area is 396 Å². The van der Waals surface area contributed by atoms with E-state index in [4.69, 9.17) is 18.9 Å². The second-order valence-corrected chi connectivity index (χ2v) is 20.5. The number of pyridine rings is 2. The van der Waals surface area contributed by atoms with E-state index in [-0.39, 0.29) is 10.9 Å². The number of aryl methyl sites for hydroxylation is 2. The first-order valence-corrected chi connectivity index (χ1v) is 23.6. The van der Waals surface area contributed by atoms with Crippen molar-refractivity contribution in [3.63, 3.8) is 0 Å². The Balaban J connectivity index is 0.945. The minimum atomic E-state index is -0.483. The quantitative estimate of drug-likeness (QED) is 0.125. The average molecular weight is 909 g/mol. The highest BCUT2D eigenvalue weighted by molar-refractivity contribution is 6.18. The van der Waals surface area contributed by atoms with Crippen molar-refractivity contribution in [1.29, 1.82) is 0 Å². The van der Waals surface area contributed by atoms with Gasteiger partial charge in [-0.2, -0.15) is 0 Å². The number of hydrogen-bond acceptors (Lipinski definition) is 8. The van der Waals surface area contributed by atoms with Crippen LogP contribution < -0.4 is 39.6 Å². The maximum absolute atomic E-state index is 14.9. The number of aromatic nitrogens is 2. The molecule has 69 heavy (non-hydrogen) atoms. The maximum atomic E-state index is 14.9. The summed E-state index contributed by atoms with van der Waals surface area (Å²) < 4.78 is 28.9. The number of methoxy groups -OCH3 is 2. The number of rotatable bonds is 2. The minimum Gasteiger partial charge on any atom is -0.496 e. The van der Waals surface area contributed by atoms with Gasteiger partial charge < -0.3 is 37.9 Å². The van der Waals surface area contributed by atoms with Crippen LogP contribution in [0.3, 0.4) is 0 Å². The van der Waals surface area contributed by atoms with E-state index in [1.165, 1.54) is 22.5 Å². The fraction of sp³-hybridized carbons (Fsp3) is 0.220. The summed E-state index contributed by atoms with van der Waals surface area (Å²) in [5.74, 6) is 2.40. The lowest BCUT2D eigenvalue weighted by atomic mass is 9.89. The zero-order valence-electron chi connectivity index (χ0n) is 39.8. The van der Waals surface area contributed by atoms with Gasteiger partial charge in [0.15, 0.2) is 0 Å². The topological polar surface area (TPSA) is 87.4 Å². The standard InChI is InChI=1S/C59H48N4O6/c1-58(2)19-17-34-46(68-58)25-48(66-7)52-54(34)60(5)44-21-32-11-9-30-13-15-42-40(50(30)36(32)23-38(44)56(52)64)27-62-29-63(42)28-41-43(62)16-14-31-10-12-33-22-45-39(24-37(33)51(31)41)57(65)53-49(67-8)26-47-35(55(53)61(45)6)18-20-59(3,4)69-47/h9-26H,27-29H2,1-8H3. The molecule has 6 heterocycles. The van der Waals surface area contributed by atoms with Crippen LogP contribution in [0.5, 0.6) is 23.0 Å². The molecule has 8 aromatic carbocycles. The van der Waals surface area contributed by atoms with Crippen molar-refractivity contribution >= 4 is 110 Å². The monoisotopic (exact) mass is 908 g/mol. The van der Waals surface area contributed by atoms with Crippen LogP contribution in [0.4, 0.5) is 11.4 Å². The van der Waals surface area contributed by atoms with Gasteiger partial charge in [0.05, 0.1) is 53.7 Å². The second-order valence-electron chi connectivity index (χ2n) is 20.5. The van der Waals surface area contributed by atoms with E-state index in [1.54, 1.807) is 14.2 Å². The Kier molecular flexibility index (Phi) is 7.78. The molecule has 10 heteroatoms. The molecule has 0 saturated carbocycles. The van der Waals surface area contributed by atoms with Crippen LogP contribution >= 0.6 is 0 Å². The molecular weight excluding hydrogens is 861 g/mol. The Morgan fingerprint density at radius 2 is 0.913 bits per heavy atom. The van der Waals surface area contributed by atoms with E-state index in [1.807, 2.05) is 66.1 Å². The highest BCUT2D eigenvalue weighted by atomic mass is 16.5. The maximum Gasteiger partial charge on any atom is 0.201 e. The summed E-state index contributed by atoms with van der Waals surface area (Å²) in [5.41, 5.74) is 8.78. The first-order valence-electron chi connectivity index (χ1n) is 23.6. The molecule has 14 rings (SSSR count). The highest BCUT2D eigenvalue weighted by Crippen LogP contribution is 2.48. The van der Waals surface area contributed by atoms with Crippen LogP contribution in [-0.2, 0) is 27.2 Å². The van der Waals surface area contributed by atoms with Crippen LogP contribution in [0.1, 0.15) is 49.9 Å². The summed E-state index contributed by atoms with van der Waals surface area (Å²) in [4.78, 5) is 34.7. The summed E-state index contributed by atoms with van der Waals surface area (Å²) >= 11 is 0. The average Bonchev–Trinajstić information content (AvgIpc) is 3.34. The van der Waals surface area contributed by atoms with Gasteiger partial charge in [-0.25, -0.2) is 0 Å². The summed E-state index contributed by atoms with van der Waals surface area (Å²) in [5, 5.41) is 11.2. The van der Waals surface area contributed by atoms with Gasteiger partial charge in [-0.05, 0) is 131 Å². The molecule has 0 saturated heterocycles. The summed E-state index contributed by atoms with van der Waals surface area (Å²) in [6.07, 6.45) is 8.23. The molecule has 10 aromatic rings. The number of fused-ring (bicyclic) bond motifs is 22. The first kappa shape index (κ1) is 40.1. The lowest BCUT2D eigenvalue weighted by Gasteiger charge is -2.45. The molecule has 0 spiro atoms. The van der Waals surface area contributed by atoms with E-state index in [0.29, 0.717) is 57.6 Å². The van der Waals surface area contributed by atoms with Crippen molar-refractivity contribution in [2.75, 3.05) is 30.7 Å². The molecule has 4 aliphatic heterocycles. The molecule has 0 amide bonds. The Hall–Kier alpha value is -7.98. The van der Waals surface area contributed by atoms with Gasteiger partial charge in [-0.1, -0.05) is 36.4 Å². The van der Waals surface area contributed by atoms with Crippen LogP contribution in [0.15, 0.2) is 107 Å². The normalized spacial score (nSPS) is 16.3. The number of nitrogens with zero attached hydrogens (tertiary/aromatic N) is 4. The SMILES string of the molecule is COc1cc2c(c3c1c(=O)c1cc4c(ccc5ccc6c(c54)CN4CN6Cc5c4ccc4ccc6cc7c(cc6c54)c(=O)c4c(OC)cc5c(c4n7C)C=CC(C)(C)O5)cc1n3C)C=CC(C)(C)O2. The molecule has 0 fully saturated rings. The molecule has 0 aliphatic carbocycles. The first-order chi connectivity index (χ1) is 33.2. The molecule has 0 unspecified atom stereocenters. The third-order valence-corrected chi connectivity index (χ3v) is 15.5. The van der Waals surface area contributed by atoms with Crippen molar-refractivity contribution in [2.24, 2.45) is 14.1 Å². The zero-order chi connectivity index (χ0) is 47.2. The van der Waals surface area contributed by atoms with Gasteiger partial charge in [0.1, 0.15) is 34.2 Å². The van der Waals surface area contributed by atoms with Crippen molar-refractivity contribution in [1.82, 2.24) is 9.13 Å². The third kappa shape index (κ3) is 5.37. The van der Waals surface area contributed by atoms with E-state index in [2.05, 4.69) is 104 Å². The van der Waals surface area contributed by atoms with Crippen molar-refractivity contribution in [3.8, 4) is 23.0 Å². The van der Waals surface area contributed by atoms with Gasteiger partial charge >= 0.3 is 0 Å². The predicted octanol–water partition coefficient (Wildman–Crippen LogP) is 12.0. The summed E-state index contributed by atoms with van der Waals surface area (Å²) in [6.45, 7) is 10.2. The fourth-order valence-electron chi connectivity index (χ4n) is 12.3. The number of hydrogen-bond donors (Lipinski definition) is 0. The predicted molar refractivity (Wildman–Crippen MR) is 281 cm³/mol. The van der Waals surface area contributed by atoms with Gasteiger partial charge in [-0.3, -0.25) is 9.59 Å². The lowest BCUT2D eigenvalue weighted by molar-refractivity contribution is 0.158. The summed E-state index contributed by atoms with van der Waals surface area (Å²) in [6, 6.07) is 30.0. The molecule has 0 atom stereocenters. The Morgan fingerprint density at radius 1 is 0.507 bits per heavy atom. The Bertz CT molecular complexity index is 4010. The van der Waals surface area contributed by atoms with Crippen LogP contribution in [0.2, 0.25) is 0 Å². The fourth-order valence-corrected chi connectivity index (χ4v) is 12.3. The van der Waals surface area contributed by atoms with E-state index in [0.717, 1.165) is 83.0 Å². The van der Waals surface area contributed by atoms with E-state index >= 15 is 0 Å². The van der Waals surface area contributed by atoms with Crippen LogP contribution in [-0.4, -0.2) is 41.2 Å². The van der Waals surface area contributed by atoms with E-state index < -0.39 is 11.2 Å². The molecular formula is C59H48N4O6. The minimum absolute atomic E-state index is 0.0650. The second kappa shape index (κ2) is 13.4. The summed E-state index contributed by atoms with van der Waals surface area (Å²) in [7, 11) is 7.28. The van der Waals surface area contributed by atoms with Crippen LogP contribution in [0.25, 0.3) is 98.9 Å². The highest BCUT2D eigenvalue weighted by Gasteiger charge is 2.34. The molecule has 10 nitrogen and oxygen atoms in total. The Morgan fingerprint density at radius 3 is 1.33 bits per heavy atom. The van der Waals surface area contributed by atoms with Gasteiger partial charge in [0.25, 0.3) is 0 Å². The van der Waals surface area contributed by atoms with Crippen molar-refractivity contribution < 1.29 is 18.9 Å². The van der Waals surface area contributed by atoms with Crippen LogP contribution in [0, 0.1) is 0 Å². The molecule has 4 aliphatic rings. The number of benzene rings is 8. The number of anilines is 2. The van der Waals surface area contributed by atoms with E-state index in [9.17, 15) is 9.59 Å². The van der Waals surface area contributed by atoms with Gasteiger partial charge in [0, 0.05) is 83.7 Å². The molecule has 2 aromatic heterocycles. The van der Waals surface area contributed by atoms with Crippen molar-refractivity contribution in [2.45, 2.75) is 52.0 Å². The zero-order valence-corrected chi connectivity index (χ0v) is 39.8. The molecule has 0 N–H and O–H groups in total. The lowest BCUT2D eigenvalue weighted by Crippen LogP contribution is -2.46. The molecule has 2 bridgehead atoms. The smallest absolute Gasteiger partial charge is 0.201 e. The van der Waals surface area contributed by atoms with Gasteiger partial charge in [-0.15, -0.1) is 0 Å². The van der Waals surface area contributed by atoms with Crippen molar-refractivity contribution in [3.05, 3.63) is 140 Å². The number of ether oxygens (including phenoxy) is 4. The van der Waals surface area contributed by atoms with Gasteiger partial charge in [0.2, 0.25) is 10.9 Å².